The molecule has 1 amide bonds. The molecule has 2 heterocycles. The van der Waals surface area contributed by atoms with Crippen LogP contribution in [0, 0.1) is 0 Å². The normalized spacial score (nSPS) is 10.4. The smallest absolute Gasteiger partial charge is 0.288 e. The third kappa shape index (κ3) is 3.27. The van der Waals surface area contributed by atoms with Crippen LogP contribution in [0.25, 0.3) is 0 Å². The standard InChI is InChI=1S/C9H10BrN5OS/c10-6-2-1-5(17-6)3-4-12-8(16)7-13-9(11)15-14-7/h1-2H,3-4H2,(H,12,16)(H3,11,13,14,15). The lowest BCUT2D eigenvalue weighted by Gasteiger charge is -2.00. The van der Waals surface area contributed by atoms with Crippen molar-refractivity contribution in [2.75, 3.05) is 12.3 Å². The van der Waals surface area contributed by atoms with Crippen molar-refractivity contribution in [2.24, 2.45) is 0 Å². The van der Waals surface area contributed by atoms with Gasteiger partial charge in [0, 0.05) is 11.4 Å². The van der Waals surface area contributed by atoms with Crippen LogP contribution in [0.2, 0.25) is 0 Å². The van der Waals surface area contributed by atoms with Crippen molar-refractivity contribution in [1.29, 1.82) is 0 Å². The van der Waals surface area contributed by atoms with Gasteiger partial charge < -0.3 is 11.1 Å². The van der Waals surface area contributed by atoms with Crippen LogP contribution >= 0.6 is 27.3 Å². The minimum atomic E-state index is -0.301. The molecule has 0 unspecified atom stereocenters. The van der Waals surface area contributed by atoms with Gasteiger partial charge in [-0.05, 0) is 34.5 Å². The molecule has 8 heteroatoms. The molecule has 0 saturated carbocycles. The number of anilines is 1. The molecule has 0 spiro atoms. The Labute approximate surface area is 110 Å². The first-order valence-corrected chi connectivity index (χ1v) is 6.46. The second kappa shape index (κ2) is 5.28. The van der Waals surface area contributed by atoms with Crippen LogP contribution in [-0.4, -0.2) is 27.6 Å². The fraction of sp³-hybridized carbons (Fsp3) is 0.222. The van der Waals surface area contributed by atoms with Gasteiger partial charge >= 0.3 is 0 Å². The SMILES string of the molecule is Nc1n[nH]c(C(=O)NCCc2ccc(Br)s2)n1. The molecule has 2 aromatic rings. The molecular formula is C9H10BrN5OS. The number of aromatic amines is 1. The van der Waals surface area contributed by atoms with E-state index in [1.165, 1.54) is 4.88 Å². The molecule has 0 aromatic carbocycles. The van der Waals surface area contributed by atoms with Crippen LogP contribution in [0.3, 0.4) is 0 Å². The van der Waals surface area contributed by atoms with Gasteiger partial charge in [-0.3, -0.25) is 9.89 Å². The number of amides is 1. The third-order valence-corrected chi connectivity index (χ3v) is 3.69. The maximum Gasteiger partial charge on any atom is 0.288 e. The van der Waals surface area contributed by atoms with Gasteiger partial charge in [-0.15, -0.1) is 16.4 Å². The van der Waals surface area contributed by atoms with E-state index in [2.05, 4.69) is 36.4 Å². The number of carbonyl (C=O) groups is 1. The second-order valence-corrected chi connectivity index (χ2v) is 5.80. The predicted molar refractivity (Wildman–Crippen MR) is 68.9 cm³/mol. The number of aromatic nitrogens is 3. The van der Waals surface area contributed by atoms with Crippen LogP contribution in [0.4, 0.5) is 5.95 Å². The molecule has 4 N–H and O–H groups in total. The van der Waals surface area contributed by atoms with E-state index >= 15 is 0 Å². The first-order valence-electron chi connectivity index (χ1n) is 4.85. The maximum atomic E-state index is 11.5. The van der Waals surface area contributed by atoms with E-state index in [0.29, 0.717) is 6.54 Å². The number of nitrogens with one attached hydrogen (secondary N) is 2. The number of thiophene rings is 1. The lowest BCUT2D eigenvalue weighted by Crippen LogP contribution is -2.26. The van der Waals surface area contributed by atoms with E-state index in [1.807, 2.05) is 12.1 Å². The fourth-order valence-corrected chi connectivity index (χ4v) is 2.73. The van der Waals surface area contributed by atoms with Gasteiger partial charge in [0.2, 0.25) is 11.8 Å². The van der Waals surface area contributed by atoms with E-state index in [0.717, 1.165) is 10.2 Å². The first-order chi connectivity index (χ1) is 8.15. The van der Waals surface area contributed by atoms with E-state index in [4.69, 9.17) is 5.73 Å². The molecule has 0 fully saturated rings. The molecule has 0 bridgehead atoms. The molecule has 0 radical (unpaired) electrons. The Morgan fingerprint density at radius 2 is 2.41 bits per heavy atom. The highest BCUT2D eigenvalue weighted by Gasteiger charge is 2.09. The zero-order valence-electron chi connectivity index (χ0n) is 8.74. The van der Waals surface area contributed by atoms with Gasteiger partial charge in [-0.25, -0.2) is 0 Å². The van der Waals surface area contributed by atoms with Gasteiger partial charge in [0.25, 0.3) is 5.91 Å². The topological polar surface area (TPSA) is 96.7 Å². The zero-order valence-corrected chi connectivity index (χ0v) is 11.1. The second-order valence-electron chi connectivity index (χ2n) is 3.25. The molecule has 90 valence electrons. The Bertz CT molecular complexity index is 523. The van der Waals surface area contributed by atoms with Crippen LogP contribution in [0.15, 0.2) is 15.9 Å². The predicted octanol–water partition coefficient (Wildman–Crippen LogP) is 1.18. The Balaban J connectivity index is 1.81. The Hall–Kier alpha value is -1.41. The lowest BCUT2D eigenvalue weighted by atomic mass is 10.3. The molecule has 0 aliphatic heterocycles. The molecule has 17 heavy (non-hydrogen) atoms. The van der Waals surface area contributed by atoms with Crippen LogP contribution in [-0.2, 0) is 6.42 Å². The molecule has 2 aromatic heterocycles. The highest BCUT2D eigenvalue weighted by atomic mass is 79.9. The van der Waals surface area contributed by atoms with E-state index in [9.17, 15) is 4.79 Å². The molecule has 0 aliphatic rings. The maximum absolute atomic E-state index is 11.5. The number of halogens is 1. The third-order valence-electron chi connectivity index (χ3n) is 2.00. The highest BCUT2D eigenvalue weighted by molar-refractivity contribution is 9.11. The molecule has 0 saturated heterocycles. The minimum Gasteiger partial charge on any atom is -0.366 e. The van der Waals surface area contributed by atoms with E-state index < -0.39 is 0 Å². The number of hydrogen-bond donors (Lipinski definition) is 3. The summed E-state index contributed by atoms with van der Waals surface area (Å²) in [5, 5.41) is 8.77. The Morgan fingerprint density at radius 3 is 3.00 bits per heavy atom. The average Bonchev–Trinajstić information content (AvgIpc) is 2.88. The van der Waals surface area contributed by atoms with Crippen molar-refractivity contribution in [3.05, 3.63) is 26.6 Å². The highest BCUT2D eigenvalue weighted by Crippen LogP contribution is 2.21. The van der Waals surface area contributed by atoms with Crippen molar-refractivity contribution in [3.63, 3.8) is 0 Å². The van der Waals surface area contributed by atoms with Crippen LogP contribution in [0.5, 0.6) is 0 Å². The Kier molecular flexibility index (Phi) is 3.75. The van der Waals surface area contributed by atoms with E-state index in [1.54, 1.807) is 11.3 Å². The summed E-state index contributed by atoms with van der Waals surface area (Å²) < 4.78 is 1.09. The molecule has 0 atom stereocenters. The molecule has 6 nitrogen and oxygen atoms in total. The molecule has 2 rings (SSSR count). The summed E-state index contributed by atoms with van der Waals surface area (Å²) in [5.74, 6) is -0.1000. The van der Waals surface area contributed by atoms with Crippen molar-refractivity contribution < 1.29 is 4.79 Å². The van der Waals surface area contributed by atoms with Crippen LogP contribution < -0.4 is 11.1 Å². The lowest BCUT2D eigenvalue weighted by molar-refractivity contribution is 0.0944. The fourth-order valence-electron chi connectivity index (χ4n) is 1.25. The zero-order chi connectivity index (χ0) is 12.3. The summed E-state index contributed by atoms with van der Waals surface area (Å²) >= 11 is 5.04. The summed E-state index contributed by atoms with van der Waals surface area (Å²) in [5.41, 5.74) is 5.30. The summed E-state index contributed by atoms with van der Waals surface area (Å²) in [6.45, 7) is 0.548. The van der Waals surface area contributed by atoms with Gasteiger partial charge in [0.1, 0.15) is 0 Å². The van der Waals surface area contributed by atoms with E-state index in [-0.39, 0.29) is 17.7 Å². The summed E-state index contributed by atoms with van der Waals surface area (Å²) in [7, 11) is 0. The monoisotopic (exact) mass is 315 g/mol. The summed E-state index contributed by atoms with van der Waals surface area (Å²) in [6.07, 6.45) is 0.783. The number of hydrogen-bond acceptors (Lipinski definition) is 5. The quantitative estimate of drug-likeness (QED) is 0.789. The number of carbonyl (C=O) groups excluding carboxylic acids is 1. The van der Waals surface area contributed by atoms with Gasteiger partial charge in [-0.2, -0.15) is 4.98 Å². The largest absolute Gasteiger partial charge is 0.366 e. The molecular weight excluding hydrogens is 306 g/mol. The van der Waals surface area contributed by atoms with Crippen molar-refractivity contribution in [3.8, 4) is 0 Å². The average molecular weight is 316 g/mol. The van der Waals surface area contributed by atoms with Crippen molar-refractivity contribution in [1.82, 2.24) is 20.5 Å². The van der Waals surface area contributed by atoms with Crippen molar-refractivity contribution in [2.45, 2.75) is 6.42 Å². The van der Waals surface area contributed by atoms with Gasteiger partial charge in [0.15, 0.2) is 0 Å². The number of nitrogen functional groups attached to an aromatic ring is 1. The minimum absolute atomic E-state index is 0.0670. The van der Waals surface area contributed by atoms with Gasteiger partial charge in [-0.1, -0.05) is 0 Å². The van der Waals surface area contributed by atoms with Crippen molar-refractivity contribution >= 4 is 39.1 Å². The molecule has 0 aliphatic carbocycles. The number of H-pyrrole nitrogens is 1. The number of nitrogens with zero attached hydrogens (tertiary/aromatic N) is 2. The van der Waals surface area contributed by atoms with Gasteiger partial charge in [0.05, 0.1) is 3.79 Å². The Morgan fingerprint density at radius 1 is 1.59 bits per heavy atom. The number of rotatable bonds is 4. The van der Waals surface area contributed by atoms with Crippen LogP contribution in [0.1, 0.15) is 15.5 Å². The summed E-state index contributed by atoms with van der Waals surface area (Å²) in [4.78, 5) is 16.5. The number of nitrogens with two attached hydrogens (primary N) is 1. The summed E-state index contributed by atoms with van der Waals surface area (Å²) in [6, 6.07) is 4.01. The first kappa shape index (κ1) is 12.1.